The Morgan fingerprint density at radius 1 is 1.08 bits per heavy atom. The standard InChI is InChI=1S/C19H19N3O3/c1-12(2)11-22-16-6-4-3-5-15(16)17(19(22)25)20-21-18(24)13-7-9-14(23)10-8-13/h3-10,12,23,25H,11H2,1-2H3. The SMILES string of the molecule is CC(C)Cn1c(O)c(N=NC(=O)c2ccc(O)cc2)c2ccccc21. The molecular formula is C19H19N3O3. The highest BCUT2D eigenvalue weighted by molar-refractivity contribution is 5.97. The second-order valence-corrected chi connectivity index (χ2v) is 6.25. The third-order valence-electron chi connectivity index (χ3n) is 3.82. The molecule has 0 aliphatic carbocycles. The van der Waals surface area contributed by atoms with Gasteiger partial charge in [0, 0.05) is 17.5 Å². The quantitative estimate of drug-likeness (QED) is 0.680. The maximum absolute atomic E-state index is 12.1. The summed E-state index contributed by atoms with van der Waals surface area (Å²) in [5.41, 5.74) is 1.44. The molecular weight excluding hydrogens is 318 g/mol. The zero-order valence-corrected chi connectivity index (χ0v) is 14.0. The number of amides is 1. The number of hydrogen-bond acceptors (Lipinski definition) is 4. The molecule has 1 amide bonds. The maximum Gasteiger partial charge on any atom is 0.295 e. The normalized spacial score (nSPS) is 11.6. The number of aromatic nitrogens is 1. The van der Waals surface area contributed by atoms with Gasteiger partial charge in [-0.15, -0.1) is 10.2 Å². The number of azo groups is 1. The van der Waals surface area contributed by atoms with E-state index in [4.69, 9.17) is 0 Å². The Bertz CT molecular complexity index is 940. The van der Waals surface area contributed by atoms with Crippen LogP contribution in [0.1, 0.15) is 24.2 Å². The van der Waals surface area contributed by atoms with E-state index in [0.717, 1.165) is 10.9 Å². The molecule has 0 fully saturated rings. The Hall–Kier alpha value is -3.15. The third-order valence-corrected chi connectivity index (χ3v) is 3.82. The molecule has 3 aromatic rings. The summed E-state index contributed by atoms with van der Waals surface area (Å²) in [4.78, 5) is 12.1. The summed E-state index contributed by atoms with van der Waals surface area (Å²) >= 11 is 0. The van der Waals surface area contributed by atoms with Crippen molar-refractivity contribution >= 4 is 22.5 Å². The molecule has 128 valence electrons. The van der Waals surface area contributed by atoms with Crippen LogP contribution < -0.4 is 0 Å². The number of rotatable bonds is 4. The van der Waals surface area contributed by atoms with E-state index in [-0.39, 0.29) is 17.3 Å². The van der Waals surface area contributed by atoms with Gasteiger partial charge in [-0.3, -0.25) is 4.79 Å². The van der Waals surface area contributed by atoms with Gasteiger partial charge in [-0.05, 0) is 36.2 Å². The van der Waals surface area contributed by atoms with Gasteiger partial charge < -0.3 is 14.8 Å². The lowest BCUT2D eigenvalue weighted by Gasteiger charge is -2.09. The van der Waals surface area contributed by atoms with Crippen molar-refractivity contribution in [3.05, 3.63) is 54.1 Å². The smallest absolute Gasteiger partial charge is 0.295 e. The topological polar surface area (TPSA) is 87.2 Å². The van der Waals surface area contributed by atoms with Crippen molar-refractivity contribution in [2.45, 2.75) is 20.4 Å². The first-order valence-electron chi connectivity index (χ1n) is 8.02. The zero-order chi connectivity index (χ0) is 18.0. The van der Waals surface area contributed by atoms with Crippen LogP contribution in [0.2, 0.25) is 0 Å². The maximum atomic E-state index is 12.1. The first kappa shape index (κ1) is 16.7. The monoisotopic (exact) mass is 337 g/mol. The minimum absolute atomic E-state index is 0.00263. The van der Waals surface area contributed by atoms with Gasteiger partial charge in [-0.1, -0.05) is 32.0 Å². The summed E-state index contributed by atoms with van der Waals surface area (Å²) in [7, 11) is 0. The second kappa shape index (κ2) is 6.76. The number of benzene rings is 2. The molecule has 2 N–H and O–H groups in total. The molecule has 0 atom stereocenters. The number of nitrogens with zero attached hydrogens (tertiary/aromatic N) is 3. The number of aromatic hydroxyl groups is 2. The van der Waals surface area contributed by atoms with Crippen molar-refractivity contribution in [2.75, 3.05) is 0 Å². The lowest BCUT2D eigenvalue weighted by molar-refractivity contribution is 0.0995. The summed E-state index contributed by atoms with van der Waals surface area (Å²) in [6, 6.07) is 13.2. The van der Waals surface area contributed by atoms with E-state index in [2.05, 4.69) is 24.1 Å². The number of hydrogen-bond donors (Lipinski definition) is 2. The van der Waals surface area contributed by atoms with Gasteiger partial charge in [0.1, 0.15) is 5.75 Å². The van der Waals surface area contributed by atoms with E-state index in [1.165, 1.54) is 24.3 Å². The van der Waals surface area contributed by atoms with Gasteiger partial charge in [-0.2, -0.15) is 0 Å². The number of para-hydroxylation sites is 1. The minimum Gasteiger partial charge on any atom is -0.508 e. The first-order chi connectivity index (χ1) is 12.0. The molecule has 0 bridgehead atoms. The number of carbonyl (C=O) groups excluding carboxylic acids is 1. The van der Waals surface area contributed by atoms with Crippen LogP contribution in [-0.4, -0.2) is 20.7 Å². The highest BCUT2D eigenvalue weighted by Crippen LogP contribution is 2.39. The van der Waals surface area contributed by atoms with Crippen molar-refractivity contribution in [3.8, 4) is 11.6 Å². The van der Waals surface area contributed by atoms with Crippen molar-refractivity contribution in [2.24, 2.45) is 16.1 Å². The van der Waals surface area contributed by atoms with Gasteiger partial charge >= 0.3 is 0 Å². The molecule has 6 heteroatoms. The number of phenolic OH excluding ortho intramolecular Hbond substituents is 1. The Labute approximate surface area is 145 Å². The van der Waals surface area contributed by atoms with Crippen LogP contribution in [-0.2, 0) is 6.54 Å². The van der Waals surface area contributed by atoms with E-state index in [9.17, 15) is 15.0 Å². The molecule has 0 aliphatic rings. The molecule has 0 saturated heterocycles. The Kier molecular flexibility index (Phi) is 4.52. The van der Waals surface area contributed by atoms with Gasteiger partial charge in [0.2, 0.25) is 5.88 Å². The van der Waals surface area contributed by atoms with Crippen LogP contribution in [0.25, 0.3) is 10.9 Å². The number of carbonyl (C=O) groups is 1. The van der Waals surface area contributed by atoms with E-state index in [0.29, 0.717) is 18.0 Å². The van der Waals surface area contributed by atoms with Crippen LogP contribution >= 0.6 is 0 Å². The fourth-order valence-electron chi connectivity index (χ4n) is 2.68. The predicted molar refractivity (Wildman–Crippen MR) is 95.4 cm³/mol. The fourth-order valence-corrected chi connectivity index (χ4v) is 2.68. The molecule has 6 nitrogen and oxygen atoms in total. The van der Waals surface area contributed by atoms with Crippen molar-refractivity contribution in [1.29, 1.82) is 0 Å². The minimum atomic E-state index is -0.542. The fraction of sp³-hybridized carbons (Fsp3) is 0.211. The molecule has 2 aromatic carbocycles. The van der Waals surface area contributed by atoms with Crippen molar-refractivity contribution in [1.82, 2.24) is 4.57 Å². The molecule has 0 spiro atoms. The van der Waals surface area contributed by atoms with E-state index in [1.807, 2.05) is 24.3 Å². The Morgan fingerprint density at radius 3 is 2.44 bits per heavy atom. The van der Waals surface area contributed by atoms with Gasteiger partial charge in [0.05, 0.1) is 5.52 Å². The molecule has 0 aliphatic heterocycles. The van der Waals surface area contributed by atoms with Crippen LogP contribution in [0.5, 0.6) is 11.6 Å². The van der Waals surface area contributed by atoms with Crippen LogP contribution in [0.4, 0.5) is 5.69 Å². The lowest BCUT2D eigenvalue weighted by Crippen LogP contribution is -2.03. The Morgan fingerprint density at radius 2 is 1.76 bits per heavy atom. The number of phenols is 1. The first-order valence-corrected chi connectivity index (χ1v) is 8.02. The van der Waals surface area contributed by atoms with E-state index in [1.54, 1.807) is 4.57 Å². The molecule has 3 rings (SSSR count). The molecule has 25 heavy (non-hydrogen) atoms. The zero-order valence-electron chi connectivity index (χ0n) is 14.0. The van der Waals surface area contributed by atoms with Crippen LogP contribution in [0, 0.1) is 5.92 Å². The molecule has 0 unspecified atom stereocenters. The predicted octanol–water partition coefficient (Wildman–Crippen LogP) is 4.63. The largest absolute Gasteiger partial charge is 0.508 e. The third kappa shape index (κ3) is 3.38. The highest BCUT2D eigenvalue weighted by Gasteiger charge is 2.17. The molecule has 1 heterocycles. The summed E-state index contributed by atoms with van der Waals surface area (Å²) in [5, 5.41) is 28.3. The summed E-state index contributed by atoms with van der Waals surface area (Å²) in [6.45, 7) is 4.75. The van der Waals surface area contributed by atoms with Gasteiger partial charge in [-0.25, -0.2) is 0 Å². The van der Waals surface area contributed by atoms with Crippen LogP contribution in [0.15, 0.2) is 58.8 Å². The van der Waals surface area contributed by atoms with Crippen molar-refractivity contribution < 1.29 is 15.0 Å². The average molecular weight is 337 g/mol. The Balaban J connectivity index is 1.99. The summed E-state index contributed by atoms with van der Waals surface area (Å²) < 4.78 is 1.78. The second-order valence-electron chi connectivity index (χ2n) is 6.25. The average Bonchev–Trinajstić information content (AvgIpc) is 2.85. The van der Waals surface area contributed by atoms with Crippen molar-refractivity contribution in [3.63, 3.8) is 0 Å². The molecule has 0 radical (unpaired) electrons. The van der Waals surface area contributed by atoms with Gasteiger partial charge in [0.15, 0.2) is 5.69 Å². The van der Waals surface area contributed by atoms with Crippen LogP contribution in [0.3, 0.4) is 0 Å². The number of fused-ring (bicyclic) bond motifs is 1. The lowest BCUT2D eigenvalue weighted by atomic mass is 10.2. The van der Waals surface area contributed by atoms with Gasteiger partial charge in [0.25, 0.3) is 5.91 Å². The van der Waals surface area contributed by atoms with E-state index < -0.39 is 5.91 Å². The van der Waals surface area contributed by atoms with E-state index >= 15 is 0 Å². The highest BCUT2D eigenvalue weighted by atomic mass is 16.3. The molecule has 1 aromatic heterocycles. The summed E-state index contributed by atoms with van der Waals surface area (Å²) in [6.07, 6.45) is 0. The summed E-state index contributed by atoms with van der Waals surface area (Å²) in [5.74, 6) is -0.134. The molecule has 0 saturated carbocycles.